The molecule has 2 atom stereocenters. The van der Waals surface area contributed by atoms with Crippen LogP contribution in [0.4, 0.5) is 0 Å². The summed E-state index contributed by atoms with van der Waals surface area (Å²) >= 11 is 0. The lowest BCUT2D eigenvalue weighted by molar-refractivity contribution is -0.142. The van der Waals surface area contributed by atoms with E-state index in [1.807, 2.05) is 6.07 Å². The van der Waals surface area contributed by atoms with Crippen molar-refractivity contribution in [2.75, 3.05) is 13.7 Å². The Labute approximate surface area is 139 Å². The summed E-state index contributed by atoms with van der Waals surface area (Å²) in [6.45, 7) is 9.32. The second kappa shape index (κ2) is 7.34. The van der Waals surface area contributed by atoms with E-state index in [1.165, 1.54) is 12.7 Å². The number of aryl methyl sites for hydroxylation is 1. The molecule has 5 heteroatoms. The molecule has 1 aliphatic rings. The number of halogens is 1. The Morgan fingerprint density at radius 1 is 1.32 bits per heavy atom. The van der Waals surface area contributed by atoms with Gasteiger partial charge in [-0.15, -0.1) is 12.4 Å². The molecule has 1 heterocycles. The molecule has 1 aromatic rings. The Morgan fingerprint density at radius 2 is 2.00 bits per heavy atom. The first-order valence-corrected chi connectivity index (χ1v) is 7.40. The van der Waals surface area contributed by atoms with Crippen molar-refractivity contribution in [3.8, 4) is 5.75 Å². The molecule has 0 unspecified atom stereocenters. The van der Waals surface area contributed by atoms with Crippen LogP contribution < -0.4 is 10.1 Å². The van der Waals surface area contributed by atoms with E-state index < -0.39 is 0 Å². The number of nitrogens with one attached hydrogen (secondary N) is 1. The molecule has 1 aromatic carbocycles. The van der Waals surface area contributed by atoms with E-state index in [9.17, 15) is 4.79 Å². The molecular formula is C17H26ClNO3. The zero-order valence-electron chi connectivity index (χ0n) is 13.9. The van der Waals surface area contributed by atoms with Gasteiger partial charge in [-0.25, -0.2) is 0 Å². The quantitative estimate of drug-likeness (QED) is 0.867. The van der Waals surface area contributed by atoms with Gasteiger partial charge < -0.3 is 14.8 Å². The molecule has 0 aromatic heterocycles. The van der Waals surface area contributed by atoms with Gasteiger partial charge in [-0.3, -0.25) is 4.79 Å². The molecule has 1 saturated heterocycles. The fourth-order valence-corrected chi connectivity index (χ4v) is 2.54. The van der Waals surface area contributed by atoms with Gasteiger partial charge in [0.05, 0.1) is 7.11 Å². The highest BCUT2D eigenvalue weighted by Gasteiger charge is 2.31. The van der Waals surface area contributed by atoms with Crippen LogP contribution in [0.25, 0.3) is 0 Å². The molecule has 0 aliphatic carbocycles. The largest absolute Gasteiger partial charge is 0.489 e. The first-order valence-electron chi connectivity index (χ1n) is 7.40. The smallest absolute Gasteiger partial charge is 0.323 e. The van der Waals surface area contributed by atoms with E-state index in [1.54, 1.807) is 0 Å². The minimum Gasteiger partial charge on any atom is -0.489 e. The Bertz CT molecular complexity index is 525. The second-order valence-electron chi connectivity index (χ2n) is 6.69. The van der Waals surface area contributed by atoms with Gasteiger partial charge >= 0.3 is 5.97 Å². The second-order valence-corrected chi connectivity index (χ2v) is 6.69. The normalized spacial score (nSPS) is 21.1. The van der Waals surface area contributed by atoms with Crippen molar-refractivity contribution >= 4 is 18.4 Å². The predicted molar refractivity (Wildman–Crippen MR) is 90.0 cm³/mol. The fraction of sp³-hybridized carbons (Fsp3) is 0.588. The number of hydrogen-bond acceptors (Lipinski definition) is 4. The van der Waals surface area contributed by atoms with Crippen LogP contribution in [0.3, 0.4) is 0 Å². The maximum absolute atomic E-state index is 11.5. The SMILES string of the molecule is COC(=O)[C@@H]1C[C@@H](Oc2ccc(C(C)(C)C)cc2C)CN1.Cl. The predicted octanol–water partition coefficient (Wildman–Crippen LogP) is 3.00. The minimum absolute atomic E-state index is 0. The van der Waals surface area contributed by atoms with Crippen molar-refractivity contribution in [3.05, 3.63) is 29.3 Å². The molecule has 0 bridgehead atoms. The molecule has 124 valence electrons. The lowest BCUT2D eigenvalue weighted by Crippen LogP contribution is -2.31. The zero-order valence-corrected chi connectivity index (χ0v) is 14.8. The van der Waals surface area contributed by atoms with Crippen LogP contribution in [-0.2, 0) is 14.9 Å². The number of esters is 1. The number of benzene rings is 1. The summed E-state index contributed by atoms with van der Waals surface area (Å²) in [6.07, 6.45) is 0.654. The first kappa shape index (κ1) is 18.8. The van der Waals surface area contributed by atoms with Crippen molar-refractivity contribution in [3.63, 3.8) is 0 Å². The first-order chi connectivity index (χ1) is 9.81. The highest BCUT2D eigenvalue weighted by molar-refractivity contribution is 5.85. The Hall–Kier alpha value is -1.26. The highest BCUT2D eigenvalue weighted by atomic mass is 35.5. The molecule has 0 radical (unpaired) electrons. The Balaban J connectivity index is 0.00000242. The zero-order chi connectivity index (χ0) is 15.6. The summed E-state index contributed by atoms with van der Waals surface area (Å²) < 4.78 is 10.8. The lowest BCUT2D eigenvalue weighted by Gasteiger charge is -2.21. The molecule has 1 N–H and O–H groups in total. The van der Waals surface area contributed by atoms with Gasteiger partial charge in [-0.1, -0.05) is 32.9 Å². The van der Waals surface area contributed by atoms with Crippen molar-refractivity contribution in [1.29, 1.82) is 0 Å². The van der Waals surface area contributed by atoms with Crippen molar-refractivity contribution in [1.82, 2.24) is 5.32 Å². The molecule has 0 spiro atoms. The van der Waals surface area contributed by atoms with E-state index in [2.05, 4.69) is 45.1 Å². The summed E-state index contributed by atoms with van der Waals surface area (Å²) in [6, 6.07) is 6.06. The van der Waals surface area contributed by atoms with Gasteiger partial charge in [0.15, 0.2) is 0 Å². The van der Waals surface area contributed by atoms with Crippen LogP contribution >= 0.6 is 12.4 Å². The lowest BCUT2D eigenvalue weighted by atomic mass is 9.86. The van der Waals surface area contributed by atoms with E-state index in [-0.39, 0.29) is 35.9 Å². The molecule has 22 heavy (non-hydrogen) atoms. The number of hydrogen-bond donors (Lipinski definition) is 1. The fourth-order valence-electron chi connectivity index (χ4n) is 2.54. The van der Waals surface area contributed by atoms with Gasteiger partial charge in [0.2, 0.25) is 0 Å². The third-order valence-electron chi connectivity index (χ3n) is 3.91. The molecule has 1 fully saturated rings. The van der Waals surface area contributed by atoms with Crippen LogP contribution in [0.5, 0.6) is 5.75 Å². The number of carbonyl (C=O) groups is 1. The Morgan fingerprint density at radius 3 is 2.55 bits per heavy atom. The minimum atomic E-state index is -0.255. The highest BCUT2D eigenvalue weighted by Crippen LogP contribution is 2.28. The average Bonchev–Trinajstić information content (AvgIpc) is 2.87. The average molecular weight is 328 g/mol. The molecule has 0 amide bonds. The molecule has 1 aliphatic heterocycles. The summed E-state index contributed by atoms with van der Waals surface area (Å²) in [4.78, 5) is 11.5. The summed E-state index contributed by atoms with van der Waals surface area (Å²) in [5.41, 5.74) is 2.56. The van der Waals surface area contributed by atoms with Gasteiger partial charge in [0.25, 0.3) is 0 Å². The van der Waals surface area contributed by atoms with Crippen LogP contribution in [0.2, 0.25) is 0 Å². The van der Waals surface area contributed by atoms with Gasteiger partial charge in [0, 0.05) is 13.0 Å². The van der Waals surface area contributed by atoms with E-state index in [0.29, 0.717) is 13.0 Å². The van der Waals surface area contributed by atoms with Gasteiger partial charge in [-0.05, 0) is 29.5 Å². The third-order valence-corrected chi connectivity index (χ3v) is 3.91. The van der Waals surface area contributed by atoms with Crippen molar-refractivity contribution in [2.45, 2.75) is 51.7 Å². The van der Waals surface area contributed by atoms with Crippen LogP contribution in [0, 0.1) is 6.92 Å². The van der Waals surface area contributed by atoms with Gasteiger partial charge in [-0.2, -0.15) is 0 Å². The monoisotopic (exact) mass is 327 g/mol. The van der Waals surface area contributed by atoms with E-state index >= 15 is 0 Å². The number of carbonyl (C=O) groups excluding carboxylic acids is 1. The number of ether oxygens (including phenoxy) is 2. The third kappa shape index (κ3) is 4.37. The maximum atomic E-state index is 11.5. The standard InChI is InChI=1S/C17H25NO3.ClH/c1-11-8-12(17(2,3)4)6-7-15(11)21-13-9-14(18-10-13)16(19)20-5;/h6-8,13-14,18H,9-10H2,1-5H3;1H/t13-,14+;/m1./s1. The Kier molecular flexibility index (Phi) is 6.27. The molecule has 4 nitrogen and oxygen atoms in total. The van der Waals surface area contributed by atoms with Crippen LogP contribution in [-0.4, -0.2) is 31.8 Å². The summed E-state index contributed by atoms with van der Waals surface area (Å²) in [7, 11) is 1.41. The van der Waals surface area contributed by atoms with Crippen LogP contribution in [0.15, 0.2) is 18.2 Å². The number of rotatable bonds is 3. The van der Waals surface area contributed by atoms with Gasteiger partial charge in [0.1, 0.15) is 17.9 Å². The maximum Gasteiger partial charge on any atom is 0.323 e. The van der Waals surface area contributed by atoms with E-state index in [0.717, 1.165) is 11.3 Å². The van der Waals surface area contributed by atoms with Crippen LogP contribution in [0.1, 0.15) is 38.3 Å². The summed E-state index contributed by atoms with van der Waals surface area (Å²) in [5, 5.41) is 3.13. The molecular weight excluding hydrogens is 302 g/mol. The number of methoxy groups -OCH3 is 1. The summed E-state index contributed by atoms with van der Waals surface area (Å²) in [5.74, 6) is 0.668. The van der Waals surface area contributed by atoms with E-state index in [4.69, 9.17) is 9.47 Å². The topological polar surface area (TPSA) is 47.6 Å². The molecule has 2 rings (SSSR count). The van der Waals surface area contributed by atoms with Crippen molar-refractivity contribution in [2.24, 2.45) is 0 Å². The van der Waals surface area contributed by atoms with Crippen molar-refractivity contribution < 1.29 is 14.3 Å². The molecule has 0 saturated carbocycles.